The van der Waals surface area contributed by atoms with Crippen LogP contribution < -0.4 is 20.7 Å². The van der Waals surface area contributed by atoms with Gasteiger partial charge in [-0.3, -0.25) is 19.7 Å². The first-order valence-electron chi connectivity index (χ1n) is 11.9. The summed E-state index contributed by atoms with van der Waals surface area (Å²) < 4.78 is 20.5. The minimum atomic E-state index is -0.701. The number of carbonyl (C=O) groups is 2. The van der Waals surface area contributed by atoms with Crippen molar-refractivity contribution in [2.45, 2.75) is 6.92 Å². The molecule has 0 aliphatic carbocycles. The Morgan fingerprint density at radius 2 is 1.67 bits per heavy atom. The smallest absolute Gasteiger partial charge is 0.323 e. The van der Waals surface area contributed by atoms with Gasteiger partial charge in [-0.15, -0.1) is 0 Å². The summed E-state index contributed by atoms with van der Waals surface area (Å²) in [6, 6.07) is 17.7. The quantitative estimate of drug-likeness (QED) is 0.254. The van der Waals surface area contributed by atoms with Gasteiger partial charge in [0.25, 0.3) is 5.91 Å². The van der Waals surface area contributed by atoms with Gasteiger partial charge >= 0.3 is 6.03 Å². The highest BCUT2D eigenvalue weighted by Gasteiger charge is 2.14. The third kappa shape index (κ3) is 5.80. The number of ether oxygens (including phenoxy) is 1. The normalized spacial score (nSPS) is 10.6. The Morgan fingerprint density at radius 3 is 2.49 bits per heavy atom. The van der Waals surface area contributed by atoms with Gasteiger partial charge in [-0.25, -0.2) is 9.18 Å². The van der Waals surface area contributed by atoms with Gasteiger partial charge in [-0.05, 0) is 55.0 Å². The van der Waals surface area contributed by atoms with E-state index in [1.165, 1.54) is 31.4 Å². The fraction of sp³-hybridized carbons (Fsp3) is 0.0690. The minimum absolute atomic E-state index is 0.0421. The van der Waals surface area contributed by atoms with Crippen molar-refractivity contribution >= 4 is 34.2 Å². The van der Waals surface area contributed by atoms with Crippen LogP contribution in [-0.4, -0.2) is 33.9 Å². The Bertz CT molecular complexity index is 1710. The second kappa shape index (κ2) is 10.9. The maximum atomic E-state index is 14.9. The van der Waals surface area contributed by atoms with Crippen LogP contribution in [0.25, 0.3) is 22.2 Å². The van der Waals surface area contributed by atoms with Gasteiger partial charge in [-0.2, -0.15) is 0 Å². The van der Waals surface area contributed by atoms with Crippen LogP contribution in [-0.2, 0) is 0 Å². The van der Waals surface area contributed by atoms with Gasteiger partial charge in [0.1, 0.15) is 23.0 Å². The van der Waals surface area contributed by atoms with Crippen LogP contribution in [0.15, 0.2) is 85.3 Å². The summed E-state index contributed by atoms with van der Waals surface area (Å²) in [6.45, 7) is 1.86. The number of aromatic nitrogens is 3. The van der Waals surface area contributed by atoms with Crippen molar-refractivity contribution in [3.05, 3.63) is 102 Å². The molecule has 0 radical (unpaired) electrons. The molecule has 0 saturated heterocycles. The van der Waals surface area contributed by atoms with Gasteiger partial charge in [0, 0.05) is 48.7 Å². The van der Waals surface area contributed by atoms with Crippen molar-refractivity contribution in [3.8, 4) is 22.8 Å². The fourth-order valence-corrected chi connectivity index (χ4v) is 3.92. The second-order valence-electron chi connectivity index (χ2n) is 8.60. The van der Waals surface area contributed by atoms with Gasteiger partial charge in [0.2, 0.25) is 0 Å². The van der Waals surface area contributed by atoms with Crippen molar-refractivity contribution in [2.75, 3.05) is 17.7 Å². The molecule has 3 heterocycles. The molecule has 5 rings (SSSR count). The summed E-state index contributed by atoms with van der Waals surface area (Å²) in [4.78, 5) is 37.5. The molecule has 9 nitrogen and oxygen atoms in total. The number of anilines is 2. The summed E-state index contributed by atoms with van der Waals surface area (Å²) in [6.07, 6.45) is 4.86. The molecule has 3 aromatic heterocycles. The molecular formula is C29H23FN6O3. The number of rotatable bonds is 6. The van der Waals surface area contributed by atoms with E-state index in [-0.39, 0.29) is 23.0 Å². The molecule has 3 N–H and O–H groups in total. The number of hydrogen-bond donors (Lipinski definition) is 3. The lowest BCUT2D eigenvalue weighted by atomic mass is 10.1. The maximum absolute atomic E-state index is 14.9. The lowest BCUT2D eigenvalue weighted by Crippen LogP contribution is -2.21. The first kappa shape index (κ1) is 25.3. The summed E-state index contributed by atoms with van der Waals surface area (Å²) in [7, 11) is 1.49. The van der Waals surface area contributed by atoms with Crippen LogP contribution in [0.3, 0.4) is 0 Å². The zero-order valence-corrected chi connectivity index (χ0v) is 21.0. The van der Waals surface area contributed by atoms with E-state index in [4.69, 9.17) is 4.74 Å². The molecule has 0 saturated carbocycles. The molecule has 0 fully saturated rings. The fourth-order valence-electron chi connectivity index (χ4n) is 3.92. The predicted molar refractivity (Wildman–Crippen MR) is 146 cm³/mol. The van der Waals surface area contributed by atoms with Gasteiger partial charge in [0.05, 0.1) is 22.6 Å². The first-order valence-corrected chi connectivity index (χ1v) is 11.9. The van der Waals surface area contributed by atoms with Crippen LogP contribution in [0.5, 0.6) is 11.5 Å². The third-order valence-electron chi connectivity index (χ3n) is 5.76. The Balaban J connectivity index is 1.32. The third-order valence-corrected chi connectivity index (χ3v) is 5.76. The number of hydrogen-bond acceptors (Lipinski definition) is 6. The van der Waals surface area contributed by atoms with E-state index in [0.29, 0.717) is 17.1 Å². The van der Waals surface area contributed by atoms with Crippen molar-refractivity contribution in [1.29, 1.82) is 0 Å². The molecule has 5 aromatic rings. The summed E-state index contributed by atoms with van der Waals surface area (Å²) >= 11 is 0. The van der Waals surface area contributed by atoms with Crippen LogP contribution in [0.1, 0.15) is 16.1 Å². The molecule has 0 bridgehead atoms. The molecule has 2 aromatic carbocycles. The van der Waals surface area contributed by atoms with E-state index in [0.717, 1.165) is 28.1 Å². The molecule has 0 spiro atoms. The standard InChI is InChI=1S/C29H23FN6O3/c1-17-12-25(27(34-16-17)19-5-7-23-18(13-19)4-3-10-32-23)36-29(38)35-24-8-6-20(14-22(24)30)39-21-9-11-33-26(15-21)28(37)31-2/h3-16H,1-2H3,(H,31,37)(H2,35,36,38). The Morgan fingerprint density at radius 1 is 0.846 bits per heavy atom. The summed E-state index contributed by atoms with van der Waals surface area (Å²) in [5, 5.41) is 8.72. The summed E-state index contributed by atoms with van der Waals surface area (Å²) in [5.74, 6) is -0.580. The highest BCUT2D eigenvalue weighted by atomic mass is 19.1. The molecule has 0 aliphatic heterocycles. The number of aryl methyl sites for hydroxylation is 1. The average molecular weight is 523 g/mol. The van der Waals surface area contributed by atoms with Gasteiger partial charge < -0.3 is 20.7 Å². The van der Waals surface area contributed by atoms with Crippen LogP contribution >= 0.6 is 0 Å². The second-order valence-corrected chi connectivity index (χ2v) is 8.60. The monoisotopic (exact) mass is 522 g/mol. The minimum Gasteiger partial charge on any atom is -0.457 e. The van der Waals surface area contributed by atoms with Gasteiger partial charge in [0.15, 0.2) is 0 Å². The van der Waals surface area contributed by atoms with Crippen molar-refractivity contribution in [2.24, 2.45) is 0 Å². The van der Waals surface area contributed by atoms with E-state index in [1.54, 1.807) is 24.5 Å². The van der Waals surface area contributed by atoms with Crippen molar-refractivity contribution in [3.63, 3.8) is 0 Å². The number of benzene rings is 2. The zero-order chi connectivity index (χ0) is 27.4. The van der Waals surface area contributed by atoms with E-state index < -0.39 is 11.8 Å². The number of fused-ring (bicyclic) bond motifs is 1. The van der Waals surface area contributed by atoms with E-state index in [1.807, 2.05) is 37.3 Å². The average Bonchev–Trinajstić information content (AvgIpc) is 2.94. The van der Waals surface area contributed by atoms with Crippen LogP contribution in [0.2, 0.25) is 0 Å². The maximum Gasteiger partial charge on any atom is 0.323 e. The SMILES string of the molecule is CNC(=O)c1cc(Oc2ccc(NC(=O)Nc3cc(C)cnc3-c3ccc4ncccc4c3)c(F)c2)ccn1. The Labute approximate surface area is 223 Å². The molecule has 0 atom stereocenters. The number of urea groups is 1. The first-order chi connectivity index (χ1) is 18.9. The predicted octanol–water partition coefficient (Wildman–Crippen LogP) is 5.94. The lowest BCUT2D eigenvalue weighted by Gasteiger charge is -2.14. The lowest BCUT2D eigenvalue weighted by molar-refractivity contribution is 0.0957. The Kier molecular flexibility index (Phi) is 7.09. The molecule has 3 amide bonds. The highest BCUT2D eigenvalue weighted by molar-refractivity contribution is 6.02. The highest BCUT2D eigenvalue weighted by Crippen LogP contribution is 2.30. The number of nitrogens with zero attached hydrogens (tertiary/aromatic N) is 3. The number of halogens is 1. The molecule has 0 unspecified atom stereocenters. The summed E-state index contributed by atoms with van der Waals surface area (Å²) in [5.41, 5.74) is 3.66. The van der Waals surface area contributed by atoms with Crippen LogP contribution in [0, 0.1) is 12.7 Å². The molecular weight excluding hydrogens is 499 g/mol. The molecule has 0 aliphatic rings. The largest absolute Gasteiger partial charge is 0.457 e. The number of amides is 3. The van der Waals surface area contributed by atoms with E-state index in [9.17, 15) is 14.0 Å². The number of nitrogens with one attached hydrogen (secondary N) is 3. The molecule has 194 valence electrons. The van der Waals surface area contributed by atoms with Crippen LogP contribution in [0.4, 0.5) is 20.6 Å². The van der Waals surface area contributed by atoms with Crippen molar-refractivity contribution < 1.29 is 18.7 Å². The topological polar surface area (TPSA) is 118 Å². The van der Waals surface area contributed by atoms with E-state index >= 15 is 0 Å². The zero-order valence-electron chi connectivity index (χ0n) is 21.0. The van der Waals surface area contributed by atoms with Gasteiger partial charge in [-0.1, -0.05) is 12.1 Å². The molecule has 10 heteroatoms. The number of pyridine rings is 3. The number of carbonyl (C=O) groups excluding carboxylic acids is 2. The van der Waals surface area contributed by atoms with E-state index in [2.05, 4.69) is 30.9 Å². The Hall–Kier alpha value is -5.38. The van der Waals surface area contributed by atoms with Crippen molar-refractivity contribution in [1.82, 2.24) is 20.3 Å². The molecule has 39 heavy (non-hydrogen) atoms.